The Bertz CT molecular complexity index is 389. The van der Waals surface area contributed by atoms with Crippen molar-refractivity contribution in [3.8, 4) is 0 Å². The summed E-state index contributed by atoms with van der Waals surface area (Å²) >= 11 is 0. The van der Waals surface area contributed by atoms with Crippen molar-refractivity contribution in [2.75, 3.05) is 13.2 Å². The number of ether oxygens (including phenoxy) is 1. The summed E-state index contributed by atoms with van der Waals surface area (Å²) in [6.45, 7) is 1.05. The Kier molecular flexibility index (Phi) is 5.30. The minimum atomic E-state index is -0.158. The summed E-state index contributed by atoms with van der Waals surface area (Å²) < 4.78 is 5.73. The molecule has 1 aromatic rings. The van der Waals surface area contributed by atoms with Crippen molar-refractivity contribution >= 4 is 5.91 Å². The van der Waals surface area contributed by atoms with Gasteiger partial charge >= 0.3 is 0 Å². The van der Waals surface area contributed by atoms with Crippen molar-refractivity contribution in [1.82, 2.24) is 10.3 Å². The van der Waals surface area contributed by atoms with Crippen molar-refractivity contribution in [3.05, 3.63) is 30.1 Å². The number of aromatic nitrogens is 1. The van der Waals surface area contributed by atoms with Crippen LogP contribution >= 0.6 is 0 Å². The Morgan fingerprint density at radius 3 is 2.84 bits per heavy atom. The van der Waals surface area contributed by atoms with Crippen LogP contribution in [0.25, 0.3) is 0 Å². The number of carbonyl (C=O) groups is 1. The van der Waals surface area contributed by atoms with E-state index in [2.05, 4.69) is 10.3 Å². The van der Waals surface area contributed by atoms with Gasteiger partial charge in [0.2, 0.25) is 0 Å². The Balaban J connectivity index is 1.61. The summed E-state index contributed by atoms with van der Waals surface area (Å²) in [4.78, 5) is 15.7. The Labute approximate surface area is 113 Å². The molecule has 0 spiro atoms. The Hall–Kier alpha value is -1.46. The summed E-state index contributed by atoms with van der Waals surface area (Å²) in [6.07, 6.45) is 6.02. The minimum Gasteiger partial charge on any atom is -0.376 e. The minimum absolute atomic E-state index is 0.158. The summed E-state index contributed by atoms with van der Waals surface area (Å²) in [6, 6.07) is 5.61. The number of nitrogens with two attached hydrogens (primary N) is 1. The smallest absolute Gasteiger partial charge is 0.269 e. The van der Waals surface area contributed by atoms with Crippen LogP contribution in [-0.2, 0) is 4.74 Å². The molecule has 1 aliphatic rings. The molecule has 0 aromatic carbocycles. The second-order valence-corrected chi connectivity index (χ2v) is 4.88. The van der Waals surface area contributed by atoms with Crippen LogP contribution in [0.4, 0.5) is 0 Å². The zero-order valence-electron chi connectivity index (χ0n) is 11.0. The van der Waals surface area contributed by atoms with Gasteiger partial charge in [-0.05, 0) is 37.8 Å². The number of carbonyl (C=O) groups excluding carboxylic acids is 1. The van der Waals surface area contributed by atoms with Crippen molar-refractivity contribution in [3.63, 3.8) is 0 Å². The lowest BCUT2D eigenvalue weighted by Gasteiger charge is -2.26. The first-order chi connectivity index (χ1) is 9.25. The molecule has 0 bridgehead atoms. The van der Waals surface area contributed by atoms with E-state index < -0.39 is 0 Å². The van der Waals surface area contributed by atoms with E-state index in [4.69, 9.17) is 10.5 Å². The number of hydrogen-bond acceptors (Lipinski definition) is 4. The molecule has 104 valence electrons. The van der Waals surface area contributed by atoms with Gasteiger partial charge in [0.05, 0.1) is 12.7 Å². The van der Waals surface area contributed by atoms with E-state index in [9.17, 15) is 4.79 Å². The van der Waals surface area contributed by atoms with E-state index in [0.29, 0.717) is 31.0 Å². The van der Waals surface area contributed by atoms with Crippen molar-refractivity contribution < 1.29 is 9.53 Å². The number of amides is 1. The molecule has 5 nitrogen and oxygen atoms in total. The average molecular weight is 263 g/mol. The highest BCUT2D eigenvalue weighted by Gasteiger charge is 2.18. The van der Waals surface area contributed by atoms with Crippen LogP contribution in [0.5, 0.6) is 0 Å². The fraction of sp³-hybridized carbons (Fsp3) is 0.571. The molecule has 0 aliphatic heterocycles. The lowest BCUT2D eigenvalue weighted by atomic mass is 9.94. The molecule has 0 unspecified atom stereocenters. The van der Waals surface area contributed by atoms with Gasteiger partial charge in [0.25, 0.3) is 5.91 Å². The van der Waals surface area contributed by atoms with Crippen LogP contribution in [0.15, 0.2) is 24.4 Å². The highest BCUT2D eigenvalue weighted by atomic mass is 16.5. The maximum absolute atomic E-state index is 11.7. The molecule has 2 rings (SSSR count). The number of nitrogens with one attached hydrogen (secondary N) is 1. The van der Waals surface area contributed by atoms with E-state index in [-0.39, 0.29) is 5.91 Å². The van der Waals surface area contributed by atoms with Gasteiger partial charge in [-0.25, -0.2) is 0 Å². The van der Waals surface area contributed by atoms with Gasteiger partial charge < -0.3 is 15.8 Å². The third-order valence-electron chi connectivity index (χ3n) is 3.36. The van der Waals surface area contributed by atoms with Gasteiger partial charge in [-0.1, -0.05) is 6.07 Å². The van der Waals surface area contributed by atoms with E-state index in [1.54, 1.807) is 24.4 Å². The van der Waals surface area contributed by atoms with Crippen molar-refractivity contribution in [2.45, 2.75) is 37.8 Å². The second-order valence-electron chi connectivity index (χ2n) is 4.88. The number of hydrogen-bond donors (Lipinski definition) is 2. The summed E-state index contributed by atoms with van der Waals surface area (Å²) in [7, 11) is 0. The van der Waals surface area contributed by atoms with Crippen molar-refractivity contribution in [2.24, 2.45) is 5.73 Å². The molecule has 0 atom stereocenters. The highest BCUT2D eigenvalue weighted by Crippen LogP contribution is 2.19. The first kappa shape index (κ1) is 14.0. The van der Waals surface area contributed by atoms with Crippen LogP contribution in [-0.4, -0.2) is 36.2 Å². The van der Waals surface area contributed by atoms with E-state index >= 15 is 0 Å². The molecule has 0 radical (unpaired) electrons. The zero-order valence-corrected chi connectivity index (χ0v) is 11.0. The average Bonchev–Trinajstić information content (AvgIpc) is 2.46. The lowest BCUT2D eigenvalue weighted by molar-refractivity contribution is 0.0267. The molecule has 5 heteroatoms. The van der Waals surface area contributed by atoms with Crippen molar-refractivity contribution in [1.29, 1.82) is 0 Å². The van der Waals surface area contributed by atoms with Crippen LogP contribution < -0.4 is 11.1 Å². The maximum atomic E-state index is 11.7. The van der Waals surface area contributed by atoms with Gasteiger partial charge in [-0.15, -0.1) is 0 Å². The molecule has 0 saturated heterocycles. The summed E-state index contributed by atoms with van der Waals surface area (Å²) in [5.74, 6) is -0.158. The third-order valence-corrected chi connectivity index (χ3v) is 3.36. The molecule has 19 heavy (non-hydrogen) atoms. The van der Waals surface area contributed by atoms with E-state index in [1.807, 2.05) is 0 Å². The normalized spacial score (nSPS) is 23.0. The maximum Gasteiger partial charge on any atom is 0.269 e. The topological polar surface area (TPSA) is 77.2 Å². The summed E-state index contributed by atoms with van der Waals surface area (Å²) in [5, 5.41) is 2.80. The third kappa shape index (κ3) is 4.61. The number of nitrogens with zero attached hydrogens (tertiary/aromatic N) is 1. The first-order valence-corrected chi connectivity index (χ1v) is 6.82. The van der Waals surface area contributed by atoms with E-state index in [1.165, 1.54) is 0 Å². The molecule has 1 aliphatic carbocycles. The highest BCUT2D eigenvalue weighted by molar-refractivity contribution is 5.92. The number of pyridine rings is 1. The molecular weight excluding hydrogens is 242 g/mol. The molecule has 1 heterocycles. The quantitative estimate of drug-likeness (QED) is 0.780. The van der Waals surface area contributed by atoms with Crippen LogP contribution in [0.3, 0.4) is 0 Å². The lowest BCUT2D eigenvalue weighted by Crippen LogP contribution is -2.33. The molecule has 1 amide bonds. The van der Waals surface area contributed by atoms with Crippen LogP contribution in [0.2, 0.25) is 0 Å². The first-order valence-electron chi connectivity index (χ1n) is 6.82. The van der Waals surface area contributed by atoms with Crippen LogP contribution in [0.1, 0.15) is 36.2 Å². The molecule has 1 fully saturated rings. The van der Waals surface area contributed by atoms with Gasteiger partial charge in [-0.3, -0.25) is 9.78 Å². The fourth-order valence-electron chi connectivity index (χ4n) is 2.23. The predicted octanol–water partition coefficient (Wildman–Crippen LogP) is 1.10. The zero-order chi connectivity index (χ0) is 13.5. The molecule has 1 saturated carbocycles. The molecule has 1 aromatic heterocycles. The number of rotatable bonds is 5. The van der Waals surface area contributed by atoms with Gasteiger partial charge in [0, 0.05) is 18.8 Å². The fourth-order valence-corrected chi connectivity index (χ4v) is 2.23. The Morgan fingerprint density at radius 2 is 2.16 bits per heavy atom. The van der Waals surface area contributed by atoms with Gasteiger partial charge in [0.15, 0.2) is 0 Å². The predicted molar refractivity (Wildman–Crippen MR) is 72.8 cm³/mol. The van der Waals surface area contributed by atoms with E-state index in [0.717, 1.165) is 25.7 Å². The Morgan fingerprint density at radius 1 is 1.37 bits per heavy atom. The largest absolute Gasteiger partial charge is 0.376 e. The van der Waals surface area contributed by atoms with Crippen LogP contribution in [0, 0.1) is 0 Å². The summed E-state index contributed by atoms with van der Waals surface area (Å²) in [5.41, 5.74) is 6.27. The standard InChI is InChI=1S/C14H21N3O2/c15-11-4-6-12(7-5-11)19-10-9-17-14(18)13-3-1-2-8-16-13/h1-3,8,11-12H,4-7,9-10,15H2,(H,17,18). The van der Waals surface area contributed by atoms with Gasteiger partial charge in [-0.2, -0.15) is 0 Å². The monoisotopic (exact) mass is 263 g/mol. The molecule has 3 N–H and O–H groups in total. The molecular formula is C14H21N3O2. The van der Waals surface area contributed by atoms with Gasteiger partial charge in [0.1, 0.15) is 5.69 Å². The second kappa shape index (κ2) is 7.21. The SMILES string of the molecule is NC1CCC(OCCNC(=O)c2ccccn2)CC1.